The van der Waals surface area contributed by atoms with Crippen LogP contribution in [0.1, 0.15) is 30.9 Å². The van der Waals surface area contributed by atoms with Crippen molar-refractivity contribution >= 4 is 10.8 Å². The van der Waals surface area contributed by atoms with Gasteiger partial charge in [-0.25, -0.2) is 4.21 Å². The Balaban J connectivity index is 2.47. The normalized spacial score (nSPS) is 13.3. The number of hydrogen-bond donors (Lipinski definition) is 0. The van der Waals surface area contributed by atoms with Crippen LogP contribution in [0.25, 0.3) is 0 Å². The molecule has 0 aliphatic rings. The average Bonchev–Trinajstić information content (AvgIpc) is 2.53. The number of allylic oxidation sites excluding steroid dienone is 1. The first kappa shape index (κ1) is 15.5. The highest BCUT2D eigenvalue weighted by atomic mass is 32.2. The number of hydrogen-bond acceptors (Lipinski definition) is 1. The molecule has 0 heterocycles. The first-order valence-corrected chi connectivity index (χ1v) is 8.13. The van der Waals surface area contributed by atoms with E-state index in [1.54, 1.807) is 0 Å². The van der Waals surface area contributed by atoms with E-state index in [1.165, 1.54) is 5.56 Å². The smallest absolute Gasteiger partial charge is 0.0852 e. The highest BCUT2D eigenvalue weighted by Crippen LogP contribution is 2.30. The summed E-state index contributed by atoms with van der Waals surface area (Å²) in [5.41, 5.74) is 6.25. The molecule has 0 saturated heterocycles. The summed E-state index contributed by atoms with van der Waals surface area (Å²) in [6.45, 7) is 9.84. The van der Waals surface area contributed by atoms with Crippen molar-refractivity contribution in [3.63, 3.8) is 0 Å². The van der Waals surface area contributed by atoms with Crippen LogP contribution in [0, 0.1) is 6.92 Å². The Morgan fingerprint density at radius 2 is 1.76 bits per heavy atom. The van der Waals surface area contributed by atoms with Gasteiger partial charge in [-0.2, -0.15) is 0 Å². The first-order chi connectivity index (χ1) is 10.0. The summed E-state index contributed by atoms with van der Waals surface area (Å²) < 4.78 is 12.9. The van der Waals surface area contributed by atoms with E-state index in [9.17, 15) is 4.21 Å². The van der Waals surface area contributed by atoms with Crippen molar-refractivity contribution in [2.75, 3.05) is 0 Å². The Hall–Kier alpha value is -1.89. The standard InChI is InChI=1S/C19H20OS/c1-5-15(3)16(4)18-8-6-7-9-19(18)21(20)17-12-10-14(2)11-13-17/h6-13,16H,1H2,2-4H3/t16-,21?/m1/s1. The molecular weight excluding hydrogens is 276 g/mol. The van der Waals surface area contributed by atoms with Gasteiger partial charge >= 0.3 is 0 Å². The van der Waals surface area contributed by atoms with Crippen LogP contribution >= 0.6 is 0 Å². The third-order valence-corrected chi connectivity index (χ3v) is 5.22. The van der Waals surface area contributed by atoms with E-state index in [0.29, 0.717) is 0 Å². The second-order valence-electron chi connectivity index (χ2n) is 5.20. The molecule has 0 bridgehead atoms. The van der Waals surface area contributed by atoms with E-state index >= 15 is 0 Å². The van der Waals surface area contributed by atoms with E-state index in [0.717, 1.165) is 20.9 Å². The molecule has 0 saturated carbocycles. The monoisotopic (exact) mass is 296 g/mol. The SMILES string of the molecule is C=C=C(C)[C@@H](C)c1ccccc1S(=O)c1ccc(C)cc1. The molecule has 0 amide bonds. The molecule has 2 atom stereocenters. The third-order valence-electron chi connectivity index (χ3n) is 3.75. The summed E-state index contributed by atoms with van der Waals surface area (Å²) in [5.74, 6) is 0.160. The molecule has 0 aliphatic heterocycles. The molecular formula is C19H20OS. The lowest BCUT2D eigenvalue weighted by molar-refractivity contribution is 0.681. The Labute approximate surface area is 129 Å². The summed E-state index contributed by atoms with van der Waals surface area (Å²) >= 11 is 0. The quantitative estimate of drug-likeness (QED) is 0.726. The molecule has 0 radical (unpaired) electrons. The van der Waals surface area contributed by atoms with Crippen LogP contribution in [0.15, 0.2) is 76.2 Å². The maximum Gasteiger partial charge on any atom is 0.0852 e. The first-order valence-electron chi connectivity index (χ1n) is 6.98. The lowest BCUT2D eigenvalue weighted by Crippen LogP contribution is -2.03. The molecule has 0 fully saturated rings. The zero-order chi connectivity index (χ0) is 15.4. The zero-order valence-electron chi connectivity index (χ0n) is 12.7. The average molecular weight is 296 g/mol. The van der Waals surface area contributed by atoms with Crippen LogP contribution in [-0.2, 0) is 10.8 Å². The van der Waals surface area contributed by atoms with E-state index in [4.69, 9.17) is 0 Å². The third kappa shape index (κ3) is 3.41. The van der Waals surface area contributed by atoms with Gasteiger partial charge in [-0.1, -0.05) is 49.4 Å². The van der Waals surface area contributed by atoms with Crippen molar-refractivity contribution in [3.05, 3.63) is 77.5 Å². The fourth-order valence-corrected chi connectivity index (χ4v) is 3.48. The number of aryl methyl sites for hydroxylation is 1. The van der Waals surface area contributed by atoms with Crippen molar-refractivity contribution in [1.82, 2.24) is 0 Å². The van der Waals surface area contributed by atoms with Crippen molar-refractivity contribution in [2.45, 2.75) is 36.5 Å². The van der Waals surface area contributed by atoms with E-state index in [-0.39, 0.29) is 5.92 Å². The molecule has 2 heteroatoms. The zero-order valence-corrected chi connectivity index (χ0v) is 13.5. The van der Waals surface area contributed by atoms with Crippen LogP contribution in [0.2, 0.25) is 0 Å². The molecule has 2 rings (SSSR count). The molecule has 0 N–H and O–H groups in total. The maximum absolute atomic E-state index is 12.9. The number of benzene rings is 2. The Morgan fingerprint density at radius 3 is 2.38 bits per heavy atom. The Morgan fingerprint density at radius 1 is 1.14 bits per heavy atom. The molecule has 2 aromatic carbocycles. The highest BCUT2D eigenvalue weighted by molar-refractivity contribution is 7.85. The largest absolute Gasteiger partial charge is 0.249 e. The number of rotatable bonds is 4. The van der Waals surface area contributed by atoms with Gasteiger partial charge in [-0.15, -0.1) is 5.73 Å². The van der Waals surface area contributed by atoms with Gasteiger partial charge in [0.05, 0.1) is 10.8 Å². The van der Waals surface area contributed by atoms with Gasteiger partial charge in [-0.05, 0) is 43.2 Å². The van der Waals surface area contributed by atoms with Gasteiger partial charge in [0, 0.05) is 15.7 Å². The van der Waals surface area contributed by atoms with Crippen LogP contribution in [0.5, 0.6) is 0 Å². The molecule has 108 valence electrons. The molecule has 21 heavy (non-hydrogen) atoms. The van der Waals surface area contributed by atoms with Crippen LogP contribution in [0.4, 0.5) is 0 Å². The van der Waals surface area contributed by atoms with Crippen LogP contribution < -0.4 is 0 Å². The minimum Gasteiger partial charge on any atom is -0.249 e. The lowest BCUT2D eigenvalue weighted by Gasteiger charge is -2.16. The predicted octanol–water partition coefficient (Wildman–Crippen LogP) is 5.00. The molecule has 0 aromatic heterocycles. The van der Waals surface area contributed by atoms with Crippen molar-refractivity contribution < 1.29 is 4.21 Å². The van der Waals surface area contributed by atoms with Crippen LogP contribution in [-0.4, -0.2) is 4.21 Å². The molecule has 0 spiro atoms. The van der Waals surface area contributed by atoms with Crippen molar-refractivity contribution in [2.24, 2.45) is 0 Å². The topological polar surface area (TPSA) is 17.1 Å². The van der Waals surface area contributed by atoms with Crippen molar-refractivity contribution in [1.29, 1.82) is 0 Å². The molecule has 1 nitrogen and oxygen atoms in total. The van der Waals surface area contributed by atoms with Crippen molar-refractivity contribution in [3.8, 4) is 0 Å². The summed E-state index contributed by atoms with van der Waals surface area (Å²) in [5, 5.41) is 0. The van der Waals surface area contributed by atoms with Gasteiger partial charge < -0.3 is 0 Å². The van der Waals surface area contributed by atoms with Gasteiger partial charge in [0.1, 0.15) is 0 Å². The van der Waals surface area contributed by atoms with Crippen LogP contribution in [0.3, 0.4) is 0 Å². The Bertz CT molecular complexity index is 707. The summed E-state index contributed by atoms with van der Waals surface area (Å²) in [6.07, 6.45) is 0. The predicted molar refractivity (Wildman–Crippen MR) is 89.0 cm³/mol. The van der Waals surface area contributed by atoms with Gasteiger partial charge in [0.2, 0.25) is 0 Å². The van der Waals surface area contributed by atoms with Gasteiger partial charge in [0.15, 0.2) is 0 Å². The molecule has 0 aliphatic carbocycles. The fourth-order valence-electron chi connectivity index (χ4n) is 2.18. The summed E-state index contributed by atoms with van der Waals surface area (Å²) in [7, 11) is -1.17. The van der Waals surface area contributed by atoms with E-state index < -0.39 is 10.8 Å². The Kier molecular flexibility index (Phi) is 4.95. The van der Waals surface area contributed by atoms with E-state index in [2.05, 4.69) is 19.2 Å². The molecule has 2 aromatic rings. The van der Waals surface area contributed by atoms with Gasteiger partial charge in [-0.3, -0.25) is 0 Å². The van der Waals surface area contributed by atoms with E-state index in [1.807, 2.05) is 62.4 Å². The second kappa shape index (κ2) is 6.71. The summed E-state index contributed by atoms with van der Waals surface area (Å²) in [4.78, 5) is 1.70. The highest BCUT2D eigenvalue weighted by Gasteiger charge is 2.17. The second-order valence-corrected chi connectivity index (χ2v) is 6.65. The fraction of sp³-hybridized carbons (Fsp3) is 0.211. The maximum atomic E-state index is 12.9. The minimum atomic E-state index is -1.17. The van der Waals surface area contributed by atoms with Gasteiger partial charge in [0.25, 0.3) is 0 Å². The lowest BCUT2D eigenvalue weighted by atomic mass is 9.95. The summed E-state index contributed by atoms with van der Waals surface area (Å²) in [6, 6.07) is 15.8. The molecule has 1 unspecified atom stereocenters. The minimum absolute atomic E-state index is 0.160.